The molecule has 2 N–H and O–H groups in total. The molecule has 3 aromatic rings. The molecule has 0 saturated carbocycles. The van der Waals surface area contributed by atoms with E-state index in [4.69, 9.17) is 10.5 Å². The quantitative estimate of drug-likeness (QED) is 0.730. The van der Waals surface area contributed by atoms with Gasteiger partial charge in [-0.05, 0) is 55.7 Å². The first-order valence-electron chi connectivity index (χ1n) is 7.56. The molecule has 0 aliphatic heterocycles. The van der Waals surface area contributed by atoms with E-state index < -0.39 is 0 Å². The van der Waals surface area contributed by atoms with Gasteiger partial charge in [0.2, 0.25) is 5.95 Å². The third-order valence-corrected chi connectivity index (χ3v) is 3.93. The highest BCUT2D eigenvalue weighted by atomic mass is 16.5. The second-order valence-corrected chi connectivity index (χ2v) is 5.56. The van der Waals surface area contributed by atoms with Crippen LogP contribution in [0.5, 0.6) is 5.75 Å². The monoisotopic (exact) mass is 295 g/mol. The summed E-state index contributed by atoms with van der Waals surface area (Å²) in [6, 6.07) is 14.1. The van der Waals surface area contributed by atoms with Crippen molar-refractivity contribution in [1.29, 1.82) is 0 Å². The van der Waals surface area contributed by atoms with Gasteiger partial charge in [0.15, 0.2) is 0 Å². The van der Waals surface area contributed by atoms with Gasteiger partial charge in [-0.2, -0.15) is 0 Å². The van der Waals surface area contributed by atoms with Gasteiger partial charge >= 0.3 is 0 Å². The van der Waals surface area contributed by atoms with Crippen LogP contribution in [-0.2, 0) is 6.54 Å². The number of nitrogen functional groups attached to an aromatic ring is 1. The molecule has 0 radical (unpaired) electrons. The number of hydrogen-bond acceptors (Lipinski definition) is 3. The minimum atomic E-state index is 0.569. The predicted octanol–water partition coefficient (Wildman–Crippen LogP) is 3.70. The second-order valence-electron chi connectivity index (χ2n) is 5.56. The van der Waals surface area contributed by atoms with Crippen molar-refractivity contribution in [1.82, 2.24) is 9.55 Å². The summed E-state index contributed by atoms with van der Waals surface area (Å²) in [6.07, 6.45) is 0.886. The number of fused-ring (bicyclic) bond motifs is 1. The van der Waals surface area contributed by atoms with Crippen molar-refractivity contribution in [2.24, 2.45) is 0 Å². The van der Waals surface area contributed by atoms with E-state index in [1.807, 2.05) is 30.3 Å². The Balaban J connectivity index is 1.69. The third-order valence-electron chi connectivity index (χ3n) is 3.93. The molecular formula is C18H21N3O. The molecule has 0 bridgehead atoms. The normalized spacial score (nSPS) is 11.0. The van der Waals surface area contributed by atoms with Gasteiger partial charge in [-0.15, -0.1) is 0 Å². The Morgan fingerprint density at radius 3 is 2.59 bits per heavy atom. The molecular weight excluding hydrogens is 274 g/mol. The van der Waals surface area contributed by atoms with Crippen LogP contribution in [0.1, 0.15) is 17.5 Å². The number of anilines is 1. The SMILES string of the molecule is Cc1cc2nc(N)n(CCCOc3ccccc3)c2cc1C. The van der Waals surface area contributed by atoms with E-state index in [1.54, 1.807) is 0 Å². The van der Waals surface area contributed by atoms with E-state index >= 15 is 0 Å². The summed E-state index contributed by atoms with van der Waals surface area (Å²) in [7, 11) is 0. The van der Waals surface area contributed by atoms with Crippen LogP contribution in [0.3, 0.4) is 0 Å². The second kappa shape index (κ2) is 6.10. The summed E-state index contributed by atoms with van der Waals surface area (Å²) in [6.45, 7) is 5.67. The van der Waals surface area contributed by atoms with Gasteiger partial charge in [0.25, 0.3) is 0 Å². The number of para-hydroxylation sites is 1. The third kappa shape index (κ3) is 2.91. The maximum Gasteiger partial charge on any atom is 0.201 e. The predicted molar refractivity (Wildman–Crippen MR) is 90.2 cm³/mol. The van der Waals surface area contributed by atoms with Crippen LogP contribution in [-0.4, -0.2) is 16.2 Å². The number of imidazole rings is 1. The molecule has 3 rings (SSSR count). The van der Waals surface area contributed by atoms with Gasteiger partial charge in [-0.25, -0.2) is 4.98 Å². The number of benzene rings is 2. The highest BCUT2D eigenvalue weighted by molar-refractivity contribution is 5.80. The van der Waals surface area contributed by atoms with Crippen molar-refractivity contribution in [3.63, 3.8) is 0 Å². The van der Waals surface area contributed by atoms with Crippen LogP contribution in [0.4, 0.5) is 5.95 Å². The summed E-state index contributed by atoms with van der Waals surface area (Å²) in [5, 5.41) is 0. The molecule has 0 amide bonds. The van der Waals surface area contributed by atoms with Gasteiger partial charge in [-0.3, -0.25) is 0 Å². The fraction of sp³-hybridized carbons (Fsp3) is 0.278. The molecule has 0 unspecified atom stereocenters. The van der Waals surface area contributed by atoms with E-state index in [0.29, 0.717) is 12.6 Å². The van der Waals surface area contributed by atoms with Crippen LogP contribution in [0.25, 0.3) is 11.0 Å². The van der Waals surface area contributed by atoms with E-state index in [1.165, 1.54) is 11.1 Å². The molecule has 0 aliphatic rings. The number of aromatic nitrogens is 2. The van der Waals surface area contributed by atoms with Crippen molar-refractivity contribution < 1.29 is 4.74 Å². The lowest BCUT2D eigenvalue weighted by atomic mass is 10.1. The Hall–Kier alpha value is -2.49. The summed E-state index contributed by atoms with van der Waals surface area (Å²) in [4.78, 5) is 4.45. The number of rotatable bonds is 5. The van der Waals surface area contributed by atoms with Crippen LogP contribution in [0.2, 0.25) is 0 Å². The molecule has 0 saturated heterocycles. The first-order chi connectivity index (χ1) is 10.6. The maximum absolute atomic E-state index is 6.06. The Morgan fingerprint density at radius 2 is 1.82 bits per heavy atom. The molecule has 0 atom stereocenters. The highest BCUT2D eigenvalue weighted by Gasteiger charge is 2.09. The molecule has 1 aromatic heterocycles. The Morgan fingerprint density at radius 1 is 1.09 bits per heavy atom. The molecule has 1 heterocycles. The van der Waals surface area contributed by atoms with Gasteiger partial charge in [0, 0.05) is 6.54 Å². The van der Waals surface area contributed by atoms with E-state index in [2.05, 4.69) is 35.5 Å². The number of nitrogens with two attached hydrogens (primary N) is 1. The Bertz CT molecular complexity index is 778. The fourth-order valence-corrected chi connectivity index (χ4v) is 2.56. The lowest BCUT2D eigenvalue weighted by Gasteiger charge is -2.09. The lowest BCUT2D eigenvalue weighted by Crippen LogP contribution is -2.07. The zero-order chi connectivity index (χ0) is 15.5. The summed E-state index contributed by atoms with van der Waals surface area (Å²) < 4.78 is 7.79. The van der Waals surface area contributed by atoms with E-state index in [0.717, 1.165) is 29.7 Å². The summed E-state index contributed by atoms with van der Waals surface area (Å²) in [5.74, 6) is 1.47. The van der Waals surface area contributed by atoms with Gasteiger partial charge < -0.3 is 15.0 Å². The number of ether oxygens (including phenoxy) is 1. The molecule has 4 heteroatoms. The summed E-state index contributed by atoms with van der Waals surface area (Å²) in [5.41, 5.74) is 10.6. The maximum atomic E-state index is 6.06. The number of nitrogens with zero attached hydrogens (tertiary/aromatic N) is 2. The van der Waals surface area contributed by atoms with Gasteiger partial charge in [0.05, 0.1) is 17.6 Å². The molecule has 0 spiro atoms. The summed E-state index contributed by atoms with van der Waals surface area (Å²) >= 11 is 0. The van der Waals surface area contributed by atoms with Crippen molar-refractivity contribution >= 4 is 17.0 Å². The number of hydrogen-bond donors (Lipinski definition) is 1. The largest absolute Gasteiger partial charge is 0.494 e. The molecule has 114 valence electrons. The highest BCUT2D eigenvalue weighted by Crippen LogP contribution is 2.22. The van der Waals surface area contributed by atoms with Crippen LogP contribution >= 0.6 is 0 Å². The average Bonchev–Trinajstić information content (AvgIpc) is 2.80. The Kier molecular flexibility index (Phi) is 4.00. The minimum absolute atomic E-state index is 0.569. The van der Waals surface area contributed by atoms with Crippen molar-refractivity contribution in [3.05, 3.63) is 53.6 Å². The standard InChI is InChI=1S/C18H21N3O/c1-13-11-16-17(12-14(13)2)21(18(19)20-16)9-6-10-22-15-7-4-3-5-8-15/h3-5,7-8,11-12H,6,9-10H2,1-2H3,(H2,19,20). The van der Waals surface area contributed by atoms with Gasteiger partial charge in [-0.1, -0.05) is 18.2 Å². The molecule has 2 aromatic carbocycles. The van der Waals surface area contributed by atoms with E-state index in [-0.39, 0.29) is 0 Å². The van der Waals surface area contributed by atoms with Gasteiger partial charge in [0.1, 0.15) is 5.75 Å². The van der Waals surface area contributed by atoms with Crippen molar-refractivity contribution in [2.75, 3.05) is 12.3 Å². The van der Waals surface area contributed by atoms with Crippen LogP contribution in [0, 0.1) is 13.8 Å². The molecule has 0 aliphatic carbocycles. The van der Waals surface area contributed by atoms with Crippen LogP contribution in [0.15, 0.2) is 42.5 Å². The Labute approximate surface area is 130 Å². The van der Waals surface area contributed by atoms with Crippen molar-refractivity contribution in [2.45, 2.75) is 26.8 Å². The topological polar surface area (TPSA) is 53.1 Å². The zero-order valence-electron chi connectivity index (χ0n) is 13.0. The van der Waals surface area contributed by atoms with Crippen LogP contribution < -0.4 is 10.5 Å². The molecule has 4 nitrogen and oxygen atoms in total. The van der Waals surface area contributed by atoms with E-state index in [9.17, 15) is 0 Å². The first-order valence-corrected chi connectivity index (χ1v) is 7.56. The minimum Gasteiger partial charge on any atom is -0.494 e. The molecule has 0 fully saturated rings. The fourth-order valence-electron chi connectivity index (χ4n) is 2.56. The molecule has 22 heavy (non-hydrogen) atoms. The smallest absolute Gasteiger partial charge is 0.201 e. The number of aryl methyl sites for hydroxylation is 3. The van der Waals surface area contributed by atoms with Crippen molar-refractivity contribution in [3.8, 4) is 5.75 Å². The first kappa shape index (κ1) is 14.4. The lowest BCUT2D eigenvalue weighted by molar-refractivity contribution is 0.303. The average molecular weight is 295 g/mol. The zero-order valence-corrected chi connectivity index (χ0v) is 13.0.